The number of nitrogens with one attached hydrogen (secondary N) is 1. The van der Waals surface area contributed by atoms with Gasteiger partial charge < -0.3 is 5.32 Å². The Balaban J connectivity index is 1.91. The molecule has 2 rings (SSSR count). The zero-order valence-corrected chi connectivity index (χ0v) is 9.52. The first kappa shape index (κ1) is 11.0. The summed E-state index contributed by atoms with van der Waals surface area (Å²) in [6.45, 7) is 0. The summed E-state index contributed by atoms with van der Waals surface area (Å²) in [5.41, 5.74) is 1.20. The number of nitriles is 1. The molecule has 16 heavy (non-hydrogen) atoms. The van der Waals surface area contributed by atoms with Crippen LogP contribution in [0.25, 0.3) is 0 Å². The van der Waals surface area contributed by atoms with Crippen LogP contribution in [0.3, 0.4) is 0 Å². The highest BCUT2D eigenvalue weighted by molar-refractivity contribution is 5.43. The van der Waals surface area contributed by atoms with E-state index >= 15 is 0 Å². The number of anilines is 1. The van der Waals surface area contributed by atoms with E-state index in [-0.39, 0.29) is 0 Å². The molecule has 0 amide bonds. The number of nitrogens with zero attached hydrogens (tertiary/aromatic N) is 1. The van der Waals surface area contributed by atoms with Crippen LogP contribution in [0.4, 0.5) is 5.69 Å². The average Bonchev–Trinajstić information content (AvgIpc) is 2.75. The van der Waals surface area contributed by atoms with E-state index < -0.39 is 0 Å². The second-order valence-electron chi connectivity index (χ2n) is 4.50. The Labute approximate surface area is 97.3 Å². The van der Waals surface area contributed by atoms with Crippen molar-refractivity contribution in [3.63, 3.8) is 0 Å². The fourth-order valence-electron chi connectivity index (χ4n) is 2.57. The maximum absolute atomic E-state index is 8.63. The predicted molar refractivity (Wildman–Crippen MR) is 66.0 cm³/mol. The van der Waals surface area contributed by atoms with Crippen LogP contribution in [-0.2, 0) is 0 Å². The molecule has 0 saturated heterocycles. The highest BCUT2D eigenvalue weighted by atomic mass is 14.9. The number of benzene rings is 1. The molecule has 0 bridgehead atoms. The lowest BCUT2D eigenvalue weighted by Crippen LogP contribution is -2.23. The maximum Gasteiger partial charge on any atom is 0.0621 e. The van der Waals surface area contributed by atoms with Gasteiger partial charge in [-0.05, 0) is 37.3 Å². The van der Waals surface area contributed by atoms with E-state index in [1.165, 1.54) is 24.9 Å². The number of hydrogen-bond donors (Lipinski definition) is 1. The highest BCUT2D eigenvalue weighted by Crippen LogP contribution is 2.31. The Morgan fingerprint density at radius 1 is 1.25 bits per heavy atom. The monoisotopic (exact) mass is 214 g/mol. The van der Waals surface area contributed by atoms with Crippen molar-refractivity contribution in [3.8, 4) is 6.07 Å². The van der Waals surface area contributed by atoms with Crippen LogP contribution in [-0.4, -0.2) is 6.04 Å². The van der Waals surface area contributed by atoms with Crippen molar-refractivity contribution in [2.75, 3.05) is 5.32 Å². The highest BCUT2D eigenvalue weighted by Gasteiger charge is 2.26. The van der Waals surface area contributed by atoms with E-state index in [9.17, 15) is 0 Å². The Bertz CT molecular complexity index is 353. The number of hydrogen-bond acceptors (Lipinski definition) is 2. The van der Waals surface area contributed by atoms with Gasteiger partial charge in [-0.1, -0.05) is 24.6 Å². The fourth-order valence-corrected chi connectivity index (χ4v) is 2.57. The molecule has 1 N–H and O–H groups in total. The lowest BCUT2D eigenvalue weighted by Gasteiger charge is -2.21. The Morgan fingerprint density at radius 2 is 2.06 bits per heavy atom. The lowest BCUT2D eigenvalue weighted by atomic mass is 9.98. The summed E-state index contributed by atoms with van der Waals surface area (Å²) in [6, 6.07) is 13.2. The van der Waals surface area contributed by atoms with Crippen LogP contribution in [0.15, 0.2) is 30.3 Å². The molecule has 2 atom stereocenters. The molecule has 2 nitrogen and oxygen atoms in total. The maximum atomic E-state index is 8.63. The third kappa shape index (κ3) is 2.76. The molecule has 1 aliphatic carbocycles. The summed E-state index contributed by atoms with van der Waals surface area (Å²) >= 11 is 0. The van der Waals surface area contributed by atoms with Crippen molar-refractivity contribution in [2.45, 2.75) is 38.1 Å². The minimum atomic E-state index is 0.566. The van der Waals surface area contributed by atoms with Crippen molar-refractivity contribution in [2.24, 2.45) is 5.92 Å². The van der Waals surface area contributed by atoms with Gasteiger partial charge in [0.2, 0.25) is 0 Å². The van der Waals surface area contributed by atoms with E-state index in [1.54, 1.807) is 0 Å². The molecule has 0 aromatic heterocycles. The van der Waals surface area contributed by atoms with Gasteiger partial charge in [-0.3, -0.25) is 0 Å². The van der Waals surface area contributed by atoms with Crippen molar-refractivity contribution in [3.05, 3.63) is 30.3 Å². The first-order valence-corrected chi connectivity index (χ1v) is 6.08. The van der Waals surface area contributed by atoms with Gasteiger partial charge in [-0.15, -0.1) is 0 Å². The molecule has 2 heteroatoms. The topological polar surface area (TPSA) is 35.8 Å². The van der Waals surface area contributed by atoms with Crippen molar-refractivity contribution < 1.29 is 0 Å². The molecule has 1 fully saturated rings. The van der Waals surface area contributed by atoms with Crippen LogP contribution >= 0.6 is 0 Å². The molecule has 0 radical (unpaired) electrons. The van der Waals surface area contributed by atoms with Gasteiger partial charge in [0.05, 0.1) is 6.07 Å². The molecule has 0 aliphatic heterocycles. The minimum absolute atomic E-state index is 0.566. The molecule has 1 aromatic rings. The second-order valence-corrected chi connectivity index (χ2v) is 4.50. The molecule has 84 valence electrons. The largest absolute Gasteiger partial charge is 0.382 e. The van der Waals surface area contributed by atoms with E-state index in [2.05, 4.69) is 35.7 Å². The van der Waals surface area contributed by atoms with Gasteiger partial charge in [-0.2, -0.15) is 5.26 Å². The van der Waals surface area contributed by atoms with E-state index in [0.717, 1.165) is 6.42 Å². The smallest absolute Gasteiger partial charge is 0.0621 e. The first-order valence-electron chi connectivity index (χ1n) is 6.08. The van der Waals surface area contributed by atoms with E-state index in [1.807, 2.05) is 6.07 Å². The molecule has 0 spiro atoms. The van der Waals surface area contributed by atoms with Crippen molar-refractivity contribution in [1.82, 2.24) is 0 Å². The predicted octanol–water partition coefficient (Wildman–Crippen LogP) is 3.57. The molecule has 0 unspecified atom stereocenters. The molecular formula is C14H18N2. The van der Waals surface area contributed by atoms with Crippen molar-refractivity contribution >= 4 is 5.69 Å². The zero-order chi connectivity index (χ0) is 11.2. The summed E-state index contributed by atoms with van der Waals surface area (Å²) in [4.78, 5) is 0. The van der Waals surface area contributed by atoms with E-state index in [4.69, 9.17) is 5.26 Å². The normalized spacial score (nSPS) is 23.9. The number of rotatable bonds is 4. The zero-order valence-electron chi connectivity index (χ0n) is 9.52. The van der Waals surface area contributed by atoms with Crippen LogP contribution in [0, 0.1) is 17.2 Å². The van der Waals surface area contributed by atoms with E-state index in [0.29, 0.717) is 18.4 Å². The summed E-state index contributed by atoms with van der Waals surface area (Å²) < 4.78 is 0. The Kier molecular flexibility index (Phi) is 3.82. The summed E-state index contributed by atoms with van der Waals surface area (Å²) in [5, 5.41) is 12.2. The standard InChI is InChI=1S/C14H18N2/c15-11-5-7-12-6-4-10-14(12)16-13-8-2-1-3-9-13/h1-3,8-9,12,14,16H,4-7,10H2/t12-,14+/m0/s1. The van der Waals surface area contributed by atoms with Gasteiger partial charge in [0.15, 0.2) is 0 Å². The van der Waals surface area contributed by atoms with Gasteiger partial charge in [0.25, 0.3) is 0 Å². The van der Waals surface area contributed by atoms with Gasteiger partial charge >= 0.3 is 0 Å². The Morgan fingerprint density at radius 3 is 2.81 bits per heavy atom. The SMILES string of the molecule is N#CCC[C@@H]1CCC[C@H]1Nc1ccccc1. The number of para-hydroxylation sites is 1. The van der Waals surface area contributed by atoms with Gasteiger partial charge in [0, 0.05) is 18.2 Å². The third-order valence-corrected chi connectivity index (χ3v) is 3.41. The van der Waals surface area contributed by atoms with Crippen LogP contribution in [0.2, 0.25) is 0 Å². The summed E-state index contributed by atoms with van der Waals surface area (Å²) in [6.07, 6.45) is 5.54. The first-order chi connectivity index (χ1) is 7.90. The van der Waals surface area contributed by atoms with Crippen LogP contribution in [0.1, 0.15) is 32.1 Å². The lowest BCUT2D eigenvalue weighted by molar-refractivity contribution is 0.473. The third-order valence-electron chi connectivity index (χ3n) is 3.41. The van der Waals surface area contributed by atoms with Gasteiger partial charge in [-0.25, -0.2) is 0 Å². The van der Waals surface area contributed by atoms with Crippen LogP contribution in [0.5, 0.6) is 0 Å². The summed E-state index contributed by atoms with van der Waals surface area (Å²) in [7, 11) is 0. The minimum Gasteiger partial charge on any atom is -0.382 e. The summed E-state index contributed by atoms with van der Waals surface area (Å²) in [5.74, 6) is 0.680. The molecule has 1 aromatic carbocycles. The molecule has 1 saturated carbocycles. The van der Waals surface area contributed by atoms with Crippen LogP contribution < -0.4 is 5.32 Å². The fraction of sp³-hybridized carbons (Fsp3) is 0.500. The molecule has 0 heterocycles. The van der Waals surface area contributed by atoms with Crippen molar-refractivity contribution in [1.29, 1.82) is 5.26 Å². The average molecular weight is 214 g/mol. The molecular weight excluding hydrogens is 196 g/mol. The Hall–Kier alpha value is -1.49. The second kappa shape index (κ2) is 5.55. The molecule has 1 aliphatic rings. The quantitative estimate of drug-likeness (QED) is 0.831. The van der Waals surface area contributed by atoms with Gasteiger partial charge in [0.1, 0.15) is 0 Å².